The Hall–Kier alpha value is -1.06. The van der Waals surface area contributed by atoms with Crippen LogP contribution in [0.2, 0.25) is 0 Å². The number of nitrogens with one attached hydrogen (secondary N) is 1. The van der Waals surface area contributed by atoms with Crippen LogP contribution < -0.4 is 5.32 Å². The molecule has 0 aromatic rings. The van der Waals surface area contributed by atoms with Gasteiger partial charge in [-0.2, -0.15) is 0 Å². The van der Waals surface area contributed by atoms with E-state index in [2.05, 4.69) is 19.2 Å². The van der Waals surface area contributed by atoms with Crippen LogP contribution >= 0.6 is 0 Å². The lowest BCUT2D eigenvalue weighted by Crippen LogP contribution is -2.48. The third-order valence-electron chi connectivity index (χ3n) is 4.49. The Bertz CT molecular complexity index is 339. The van der Waals surface area contributed by atoms with Crippen LogP contribution in [0.15, 0.2) is 0 Å². The Morgan fingerprint density at radius 1 is 1.00 bits per heavy atom. The van der Waals surface area contributed by atoms with Crippen LogP contribution in [0.3, 0.4) is 0 Å². The average molecular weight is 253 g/mol. The molecule has 0 aromatic heterocycles. The van der Waals surface area contributed by atoms with Crippen LogP contribution in [0.1, 0.15) is 52.4 Å². The van der Waals surface area contributed by atoms with Gasteiger partial charge in [-0.25, -0.2) is 0 Å². The van der Waals surface area contributed by atoms with Gasteiger partial charge in [-0.05, 0) is 58.3 Å². The quantitative estimate of drug-likeness (QED) is 0.807. The highest BCUT2D eigenvalue weighted by atomic mass is 16.4. The van der Waals surface area contributed by atoms with Gasteiger partial charge in [0.15, 0.2) is 0 Å². The third-order valence-corrected chi connectivity index (χ3v) is 4.49. The zero-order valence-electron chi connectivity index (χ0n) is 11.2. The molecule has 2 N–H and O–H groups in total. The molecule has 0 radical (unpaired) electrons. The second kappa shape index (κ2) is 4.90. The Labute approximate surface area is 108 Å². The summed E-state index contributed by atoms with van der Waals surface area (Å²) in [7, 11) is 0. The molecule has 0 unspecified atom stereocenters. The minimum atomic E-state index is -0.716. The third kappa shape index (κ3) is 3.03. The first-order valence-electron chi connectivity index (χ1n) is 6.95. The van der Waals surface area contributed by atoms with Crippen molar-refractivity contribution in [1.29, 1.82) is 0 Å². The fourth-order valence-electron chi connectivity index (χ4n) is 2.93. The minimum Gasteiger partial charge on any atom is -0.481 e. The molecule has 0 bridgehead atoms. The van der Waals surface area contributed by atoms with Gasteiger partial charge in [0, 0.05) is 11.5 Å². The van der Waals surface area contributed by atoms with Crippen LogP contribution in [0.4, 0.5) is 0 Å². The number of amides is 1. The van der Waals surface area contributed by atoms with Crippen molar-refractivity contribution in [3.63, 3.8) is 0 Å². The smallest absolute Gasteiger partial charge is 0.306 e. The van der Waals surface area contributed by atoms with Gasteiger partial charge in [-0.15, -0.1) is 0 Å². The van der Waals surface area contributed by atoms with Crippen molar-refractivity contribution in [3.05, 3.63) is 0 Å². The van der Waals surface area contributed by atoms with Crippen molar-refractivity contribution in [3.8, 4) is 0 Å². The molecule has 2 rings (SSSR count). The first kappa shape index (κ1) is 13.4. The lowest BCUT2D eigenvalue weighted by atomic mass is 9.81. The van der Waals surface area contributed by atoms with E-state index in [1.54, 1.807) is 0 Å². The zero-order valence-corrected chi connectivity index (χ0v) is 11.2. The molecule has 0 saturated heterocycles. The summed E-state index contributed by atoms with van der Waals surface area (Å²) in [6.07, 6.45) is 5.11. The molecule has 4 heteroatoms. The maximum Gasteiger partial charge on any atom is 0.306 e. The van der Waals surface area contributed by atoms with E-state index in [0.717, 1.165) is 0 Å². The summed E-state index contributed by atoms with van der Waals surface area (Å²) in [6, 6.07) is 0. The van der Waals surface area contributed by atoms with Crippen LogP contribution in [-0.2, 0) is 9.59 Å². The summed E-state index contributed by atoms with van der Waals surface area (Å²) in [5.41, 5.74) is -0.0965. The fraction of sp³-hybridized carbons (Fsp3) is 0.857. The maximum absolute atomic E-state index is 12.2. The second-order valence-electron chi connectivity index (χ2n) is 6.37. The van der Waals surface area contributed by atoms with Crippen molar-refractivity contribution < 1.29 is 14.7 Å². The van der Waals surface area contributed by atoms with Crippen LogP contribution in [0.5, 0.6) is 0 Å². The number of hydrogen-bond acceptors (Lipinski definition) is 2. The van der Waals surface area contributed by atoms with Crippen molar-refractivity contribution in [1.82, 2.24) is 5.32 Å². The molecular weight excluding hydrogens is 230 g/mol. The van der Waals surface area contributed by atoms with E-state index in [0.29, 0.717) is 31.6 Å². The summed E-state index contributed by atoms with van der Waals surface area (Å²) >= 11 is 0. The van der Waals surface area contributed by atoms with Gasteiger partial charge in [0.1, 0.15) is 0 Å². The topological polar surface area (TPSA) is 66.4 Å². The zero-order chi connectivity index (χ0) is 13.3. The average Bonchev–Trinajstić information content (AvgIpc) is 3.12. The number of aliphatic carboxylic acids is 1. The monoisotopic (exact) mass is 253 g/mol. The summed E-state index contributed by atoms with van der Waals surface area (Å²) in [5.74, 6) is -0.205. The van der Waals surface area contributed by atoms with Gasteiger partial charge < -0.3 is 10.4 Å². The first-order chi connectivity index (χ1) is 8.40. The number of carboxylic acid groups (broad SMARTS) is 1. The summed E-state index contributed by atoms with van der Waals surface area (Å²) in [6.45, 7) is 4.18. The molecule has 2 saturated carbocycles. The van der Waals surface area contributed by atoms with Crippen molar-refractivity contribution >= 4 is 11.9 Å². The Balaban J connectivity index is 1.82. The first-order valence-corrected chi connectivity index (χ1v) is 6.95. The van der Waals surface area contributed by atoms with Gasteiger partial charge in [0.2, 0.25) is 5.91 Å². The van der Waals surface area contributed by atoms with Crippen molar-refractivity contribution in [2.75, 3.05) is 0 Å². The highest BCUT2D eigenvalue weighted by Gasteiger charge is 2.40. The van der Waals surface area contributed by atoms with Crippen LogP contribution in [0, 0.1) is 17.8 Å². The van der Waals surface area contributed by atoms with Gasteiger partial charge in [0.05, 0.1) is 5.92 Å². The molecule has 18 heavy (non-hydrogen) atoms. The second-order valence-corrected chi connectivity index (χ2v) is 6.37. The lowest BCUT2D eigenvalue weighted by Gasteiger charge is -2.31. The van der Waals surface area contributed by atoms with E-state index in [-0.39, 0.29) is 23.3 Å². The summed E-state index contributed by atoms with van der Waals surface area (Å²) in [5, 5.41) is 12.1. The molecule has 0 aliphatic heterocycles. The molecule has 2 aliphatic carbocycles. The molecule has 0 aromatic carbocycles. The number of hydrogen-bond donors (Lipinski definition) is 2. The largest absolute Gasteiger partial charge is 0.481 e. The van der Waals surface area contributed by atoms with Gasteiger partial charge in [0.25, 0.3) is 0 Å². The van der Waals surface area contributed by atoms with E-state index < -0.39 is 5.97 Å². The number of carbonyl (C=O) groups is 2. The molecule has 2 fully saturated rings. The standard InChI is InChI=1S/C14H23NO3/c1-14(2,11-7-8-11)15-12(16)9-3-5-10(6-4-9)13(17)18/h9-11H,3-8H2,1-2H3,(H,15,16)(H,17,18). The van der Waals surface area contributed by atoms with Crippen LogP contribution in [-0.4, -0.2) is 22.5 Å². The Morgan fingerprint density at radius 2 is 1.50 bits per heavy atom. The normalized spacial score (nSPS) is 28.8. The summed E-state index contributed by atoms with van der Waals surface area (Å²) < 4.78 is 0. The molecule has 4 nitrogen and oxygen atoms in total. The van der Waals surface area contributed by atoms with Crippen molar-refractivity contribution in [2.24, 2.45) is 17.8 Å². The SMILES string of the molecule is CC(C)(NC(=O)C1CCC(C(=O)O)CC1)C1CC1. The van der Waals surface area contributed by atoms with E-state index in [4.69, 9.17) is 5.11 Å². The van der Waals surface area contributed by atoms with E-state index in [9.17, 15) is 9.59 Å². The lowest BCUT2D eigenvalue weighted by molar-refractivity contribution is -0.144. The molecular formula is C14H23NO3. The van der Waals surface area contributed by atoms with Gasteiger partial charge >= 0.3 is 5.97 Å². The fourth-order valence-corrected chi connectivity index (χ4v) is 2.93. The number of carboxylic acids is 1. The van der Waals surface area contributed by atoms with Gasteiger partial charge in [-0.3, -0.25) is 9.59 Å². The number of rotatable bonds is 4. The van der Waals surface area contributed by atoms with E-state index >= 15 is 0 Å². The predicted octanol–water partition coefficient (Wildman–Crippen LogP) is 2.18. The van der Waals surface area contributed by atoms with Gasteiger partial charge in [-0.1, -0.05) is 0 Å². The highest BCUT2D eigenvalue weighted by Crippen LogP contribution is 2.39. The molecule has 0 atom stereocenters. The number of carbonyl (C=O) groups excluding carboxylic acids is 1. The van der Waals surface area contributed by atoms with Crippen molar-refractivity contribution in [2.45, 2.75) is 57.9 Å². The molecule has 1 amide bonds. The Kier molecular flexibility index (Phi) is 3.64. The van der Waals surface area contributed by atoms with Crippen LogP contribution in [0.25, 0.3) is 0 Å². The Morgan fingerprint density at radius 3 is 1.94 bits per heavy atom. The highest BCUT2D eigenvalue weighted by molar-refractivity contribution is 5.80. The molecule has 102 valence electrons. The maximum atomic E-state index is 12.2. The molecule has 2 aliphatic rings. The van der Waals surface area contributed by atoms with E-state index in [1.807, 2.05) is 0 Å². The minimum absolute atomic E-state index is 0.0126. The molecule has 0 heterocycles. The molecule has 0 spiro atoms. The summed E-state index contributed by atoms with van der Waals surface area (Å²) in [4.78, 5) is 23.0. The predicted molar refractivity (Wildman–Crippen MR) is 68.0 cm³/mol. The van der Waals surface area contributed by atoms with E-state index in [1.165, 1.54) is 12.8 Å².